The molecule has 1 aliphatic heterocycles. The maximum absolute atomic E-state index is 9.26. The van der Waals surface area contributed by atoms with Gasteiger partial charge in [-0.05, 0) is 44.7 Å². The molecule has 0 amide bonds. The number of nitriles is 1. The standard InChI is InChI=1S/C14H25N5/c15-11-19(10-12-6-8-17-9-7-12)14(16)18-13-4-2-1-3-5-13/h12-13,17H,1-10H2,(H2,16,18). The summed E-state index contributed by atoms with van der Waals surface area (Å²) in [6, 6.07) is 0.331. The number of nitrogens with one attached hydrogen (secondary N) is 1. The average Bonchev–Trinajstić information content (AvgIpc) is 2.47. The molecular formula is C14H25N5. The van der Waals surface area contributed by atoms with Crippen LogP contribution in [0.1, 0.15) is 44.9 Å². The monoisotopic (exact) mass is 263 g/mol. The van der Waals surface area contributed by atoms with E-state index in [1.807, 2.05) is 0 Å². The number of hydrogen-bond donors (Lipinski definition) is 2. The summed E-state index contributed by atoms with van der Waals surface area (Å²) in [6.45, 7) is 2.81. The molecule has 0 bridgehead atoms. The van der Waals surface area contributed by atoms with E-state index in [0.717, 1.165) is 45.3 Å². The molecule has 0 spiro atoms. The van der Waals surface area contributed by atoms with E-state index in [9.17, 15) is 5.26 Å². The molecule has 5 heteroatoms. The van der Waals surface area contributed by atoms with Crippen LogP contribution in [0.25, 0.3) is 0 Å². The van der Waals surface area contributed by atoms with Crippen molar-refractivity contribution < 1.29 is 0 Å². The van der Waals surface area contributed by atoms with E-state index in [1.165, 1.54) is 19.3 Å². The SMILES string of the molecule is N#CN(CC1CCNCC1)C(N)=NC1CCCCC1. The predicted molar refractivity (Wildman–Crippen MR) is 76.4 cm³/mol. The number of nitrogens with zero attached hydrogens (tertiary/aromatic N) is 3. The molecule has 0 atom stereocenters. The van der Waals surface area contributed by atoms with Crippen LogP contribution in [0.15, 0.2) is 4.99 Å². The third-order valence-electron chi connectivity index (χ3n) is 4.19. The van der Waals surface area contributed by atoms with Gasteiger partial charge in [-0.2, -0.15) is 5.26 Å². The normalized spacial score (nSPS) is 23.0. The van der Waals surface area contributed by atoms with E-state index < -0.39 is 0 Å². The Morgan fingerprint density at radius 2 is 1.89 bits per heavy atom. The summed E-state index contributed by atoms with van der Waals surface area (Å²) in [5.41, 5.74) is 6.01. The van der Waals surface area contributed by atoms with Crippen LogP contribution in [0.3, 0.4) is 0 Å². The first-order chi connectivity index (χ1) is 9.29. The number of aliphatic imine (C=N–C) groups is 1. The van der Waals surface area contributed by atoms with Gasteiger partial charge >= 0.3 is 0 Å². The Hall–Kier alpha value is -1.28. The van der Waals surface area contributed by atoms with Crippen molar-refractivity contribution in [3.63, 3.8) is 0 Å². The lowest BCUT2D eigenvalue weighted by molar-refractivity contribution is 0.322. The Balaban J connectivity index is 1.88. The Bertz CT molecular complexity index is 334. The molecule has 3 N–H and O–H groups in total. The van der Waals surface area contributed by atoms with Gasteiger partial charge in [0.05, 0.1) is 6.04 Å². The molecule has 1 aliphatic carbocycles. The summed E-state index contributed by atoms with van der Waals surface area (Å²) >= 11 is 0. The first-order valence-corrected chi connectivity index (χ1v) is 7.51. The number of guanidine groups is 1. The fourth-order valence-corrected chi connectivity index (χ4v) is 2.97. The second kappa shape index (κ2) is 7.34. The fraction of sp³-hybridized carbons (Fsp3) is 0.857. The Morgan fingerprint density at radius 3 is 2.53 bits per heavy atom. The van der Waals surface area contributed by atoms with E-state index in [-0.39, 0.29) is 0 Å². The molecule has 0 aromatic rings. The Kier molecular flexibility index (Phi) is 5.46. The molecule has 0 aromatic heterocycles. The van der Waals surface area contributed by atoms with Gasteiger partial charge in [0.15, 0.2) is 6.19 Å². The van der Waals surface area contributed by atoms with Crippen LogP contribution in [0.2, 0.25) is 0 Å². The number of piperidine rings is 1. The van der Waals surface area contributed by atoms with Crippen molar-refractivity contribution in [1.82, 2.24) is 10.2 Å². The number of hydrogen-bond acceptors (Lipinski definition) is 3. The molecule has 0 aromatic carbocycles. The molecule has 2 rings (SSSR count). The van der Waals surface area contributed by atoms with Crippen LogP contribution in [-0.2, 0) is 0 Å². The molecular weight excluding hydrogens is 238 g/mol. The zero-order valence-electron chi connectivity index (χ0n) is 11.6. The van der Waals surface area contributed by atoms with E-state index in [1.54, 1.807) is 4.90 Å². The third-order valence-corrected chi connectivity index (χ3v) is 4.19. The van der Waals surface area contributed by atoms with Gasteiger partial charge in [-0.15, -0.1) is 0 Å². The zero-order valence-corrected chi connectivity index (χ0v) is 11.6. The minimum Gasteiger partial charge on any atom is -0.369 e. The molecule has 0 radical (unpaired) electrons. The lowest BCUT2D eigenvalue weighted by Gasteiger charge is -2.27. The third kappa shape index (κ3) is 4.39. The summed E-state index contributed by atoms with van der Waals surface area (Å²) in [6.07, 6.45) is 10.5. The highest BCUT2D eigenvalue weighted by atomic mass is 15.2. The molecule has 1 saturated heterocycles. The lowest BCUT2D eigenvalue weighted by atomic mass is 9.96. The molecule has 106 valence electrons. The predicted octanol–water partition coefficient (Wildman–Crippen LogP) is 1.42. The van der Waals surface area contributed by atoms with Gasteiger partial charge in [0.1, 0.15) is 0 Å². The van der Waals surface area contributed by atoms with Gasteiger partial charge in [-0.25, -0.2) is 9.89 Å². The van der Waals surface area contributed by atoms with Crippen molar-refractivity contribution in [3.05, 3.63) is 0 Å². The second-order valence-corrected chi connectivity index (χ2v) is 5.68. The van der Waals surface area contributed by atoms with Gasteiger partial charge in [-0.3, -0.25) is 0 Å². The molecule has 2 fully saturated rings. The first kappa shape index (κ1) is 14.1. The molecule has 0 unspecified atom stereocenters. The zero-order chi connectivity index (χ0) is 13.5. The van der Waals surface area contributed by atoms with Crippen LogP contribution in [0.4, 0.5) is 0 Å². The summed E-state index contributed by atoms with van der Waals surface area (Å²) in [5, 5.41) is 12.6. The molecule has 5 nitrogen and oxygen atoms in total. The maximum Gasteiger partial charge on any atom is 0.205 e. The quantitative estimate of drug-likeness (QED) is 0.349. The second-order valence-electron chi connectivity index (χ2n) is 5.68. The smallest absolute Gasteiger partial charge is 0.205 e. The topological polar surface area (TPSA) is 77.4 Å². The Morgan fingerprint density at radius 1 is 1.21 bits per heavy atom. The molecule has 19 heavy (non-hydrogen) atoms. The van der Waals surface area contributed by atoms with Crippen molar-refractivity contribution >= 4 is 5.96 Å². The summed E-state index contributed by atoms with van der Waals surface area (Å²) in [5.74, 6) is 0.980. The molecule has 2 aliphatic rings. The maximum atomic E-state index is 9.26. The minimum atomic E-state index is 0.331. The summed E-state index contributed by atoms with van der Waals surface area (Å²) in [4.78, 5) is 6.14. The van der Waals surface area contributed by atoms with Gasteiger partial charge in [0.2, 0.25) is 5.96 Å². The van der Waals surface area contributed by atoms with Crippen molar-refractivity contribution in [2.24, 2.45) is 16.6 Å². The average molecular weight is 263 g/mol. The van der Waals surface area contributed by atoms with Gasteiger partial charge < -0.3 is 11.1 Å². The van der Waals surface area contributed by atoms with Crippen LogP contribution >= 0.6 is 0 Å². The molecule has 1 saturated carbocycles. The molecule has 1 heterocycles. The van der Waals surface area contributed by atoms with E-state index in [0.29, 0.717) is 17.9 Å². The summed E-state index contributed by atoms with van der Waals surface area (Å²) in [7, 11) is 0. The number of nitrogens with two attached hydrogens (primary N) is 1. The van der Waals surface area contributed by atoms with E-state index in [2.05, 4.69) is 16.5 Å². The first-order valence-electron chi connectivity index (χ1n) is 7.51. The van der Waals surface area contributed by atoms with Crippen LogP contribution in [0, 0.1) is 17.4 Å². The summed E-state index contributed by atoms with van der Waals surface area (Å²) < 4.78 is 0. The van der Waals surface area contributed by atoms with Crippen molar-refractivity contribution in [2.45, 2.75) is 51.0 Å². The van der Waals surface area contributed by atoms with Crippen LogP contribution in [-0.4, -0.2) is 36.5 Å². The highest BCUT2D eigenvalue weighted by Gasteiger charge is 2.19. The van der Waals surface area contributed by atoms with Crippen molar-refractivity contribution in [1.29, 1.82) is 5.26 Å². The van der Waals surface area contributed by atoms with Crippen molar-refractivity contribution in [2.75, 3.05) is 19.6 Å². The highest BCUT2D eigenvalue weighted by Crippen LogP contribution is 2.20. The fourth-order valence-electron chi connectivity index (χ4n) is 2.97. The van der Waals surface area contributed by atoms with E-state index >= 15 is 0 Å². The van der Waals surface area contributed by atoms with Crippen LogP contribution < -0.4 is 11.1 Å². The van der Waals surface area contributed by atoms with Gasteiger partial charge in [-0.1, -0.05) is 19.3 Å². The minimum absolute atomic E-state index is 0.331. The van der Waals surface area contributed by atoms with Crippen LogP contribution in [0.5, 0.6) is 0 Å². The lowest BCUT2D eigenvalue weighted by Crippen LogP contribution is -2.41. The highest BCUT2D eigenvalue weighted by molar-refractivity contribution is 5.79. The Labute approximate surface area is 115 Å². The number of rotatable bonds is 3. The van der Waals surface area contributed by atoms with Gasteiger partial charge in [0.25, 0.3) is 0 Å². The van der Waals surface area contributed by atoms with Gasteiger partial charge in [0, 0.05) is 6.54 Å². The van der Waals surface area contributed by atoms with Crippen molar-refractivity contribution in [3.8, 4) is 6.19 Å². The van der Waals surface area contributed by atoms with E-state index in [4.69, 9.17) is 5.73 Å². The largest absolute Gasteiger partial charge is 0.369 e.